The summed E-state index contributed by atoms with van der Waals surface area (Å²) in [5, 5.41) is 19.7. The second-order valence-corrected chi connectivity index (χ2v) is 4.73. The van der Waals surface area contributed by atoms with Crippen LogP contribution in [0.4, 0.5) is 0 Å². The molecule has 0 aliphatic rings. The predicted molar refractivity (Wildman–Crippen MR) is 80.1 cm³/mol. The van der Waals surface area contributed by atoms with E-state index in [1.165, 1.54) is 4.57 Å². The van der Waals surface area contributed by atoms with E-state index in [-0.39, 0.29) is 11.3 Å². The fourth-order valence-corrected chi connectivity index (χ4v) is 2.41. The van der Waals surface area contributed by atoms with Gasteiger partial charge in [-0.15, -0.1) is 0 Å². The van der Waals surface area contributed by atoms with Gasteiger partial charge in [0.1, 0.15) is 11.8 Å². The molecule has 0 amide bonds. The Balaban J connectivity index is 2.32. The molecule has 3 aromatic rings. The normalized spacial score (nSPS) is 10.4. The van der Waals surface area contributed by atoms with Gasteiger partial charge in [0.2, 0.25) is 0 Å². The third-order valence-corrected chi connectivity index (χ3v) is 3.44. The van der Waals surface area contributed by atoms with Crippen molar-refractivity contribution in [3.05, 3.63) is 76.1 Å². The van der Waals surface area contributed by atoms with Gasteiger partial charge in [-0.2, -0.15) is 5.26 Å². The maximum Gasteiger partial charge on any atom is 0.273 e. The Bertz CT molecular complexity index is 906. The molecule has 1 heterocycles. The lowest BCUT2D eigenvalue weighted by Crippen LogP contribution is -2.23. The average molecular weight is 276 g/mol. The van der Waals surface area contributed by atoms with Crippen LogP contribution in [0.25, 0.3) is 10.9 Å². The van der Waals surface area contributed by atoms with E-state index in [0.29, 0.717) is 17.4 Å². The number of aromatic hydroxyl groups is 1. The quantitative estimate of drug-likeness (QED) is 0.782. The number of nitriles is 1. The van der Waals surface area contributed by atoms with Crippen LogP contribution in [-0.4, -0.2) is 9.67 Å². The SMILES string of the molecule is N#Cc1c(O)c2ccccc2n(Cc2ccccc2)c1=O. The number of hydrogen-bond donors (Lipinski definition) is 1. The number of aromatic nitrogens is 1. The van der Waals surface area contributed by atoms with Gasteiger partial charge in [0.15, 0.2) is 5.56 Å². The molecule has 1 aromatic heterocycles. The van der Waals surface area contributed by atoms with Crippen LogP contribution in [0, 0.1) is 11.3 Å². The minimum atomic E-state index is -0.474. The lowest BCUT2D eigenvalue weighted by Gasteiger charge is -2.12. The second-order valence-electron chi connectivity index (χ2n) is 4.73. The molecule has 0 radical (unpaired) electrons. The Kier molecular flexibility index (Phi) is 3.17. The predicted octanol–water partition coefficient (Wildman–Crippen LogP) is 2.63. The maximum atomic E-state index is 12.4. The van der Waals surface area contributed by atoms with Gasteiger partial charge in [-0.25, -0.2) is 0 Å². The van der Waals surface area contributed by atoms with Gasteiger partial charge < -0.3 is 9.67 Å². The van der Waals surface area contributed by atoms with Crippen molar-refractivity contribution in [1.29, 1.82) is 5.26 Å². The third kappa shape index (κ3) is 2.15. The fraction of sp³-hybridized carbons (Fsp3) is 0.0588. The van der Waals surface area contributed by atoms with Gasteiger partial charge in [-0.1, -0.05) is 42.5 Å². The molecule has 21 heavy (non-hydrogen) atoms. The molecule has 0 spiro atoms. The Labute approximate surface area is 121 Å². The Morgan fingerprint density at radius 1 is 1.05 bits per heavy atom. The number of fused-ring (bicyclic) bond motifs is 1. The minimum Gasteiger partial charge on any atom is -0.506 e. The van der Waals surface area contributed by atoms with Gasteiger partial charge in [0.05, 0.1) is 12.1 Å². The van der Waals surface area contributed by atoms with E-state index in [9.17, 15) is 9.90 Å². The van der Waals surface area contributed by atoms with Gasteiger partial charge in [0.25, 0.3) is 5.56 Å². The van der Waals surface area contributed by atoms with E-state index in [1.807, 2.05) is 30.3 Å². The molecule has 0 saturated carbocycles. The summed E-state index contributed by atoms with van der Waals surface area (Å²) < 4.78 is 1.52. The number of hydrogen-bond acceptors (Lipinski definition) is 3. The van der Waals surface area contributed by atoms with Crippen molar-refractivity contribution in [2.75, 3.05) is 0 Å². The summed E-state index contributed by atoms with van der Waals surface area (Å²) in [5.74, 6) is -0.248. The van der Waals surface area contributed by atoms with E-state index in [2.05, 4.69) is 0 Å². The molecule has 0 saturated heterocycles. The monoisotopic (exact) mass is 276 g/mol. The second kappa shape index (κ2) is 5.14. The summed E-state index contributed by atoms with van der Waals surface area (Å²) in [7, 11) is 0. The first-order valence-corrected chi connectivity index (χ1v) is 6.51. The highest BCUT2D eigenvalue weighted by atomic mass is 16.3. The molecule has 0 aliphatic heterocycles. The highest BCUT2D eigenvalue weighted by molar-refractivity contribution is 5.87. The van der Waals surface area contributed by atoms with Crippen molar-refractivity contribution in [2.24, 2.45) is 0 Å². The van der Waals surface area contributed by atoms with Crippen LogP contribution in [0.3, 0.4) is 0 Å². The zero-order valence-corrected chi connectivity index (χ0v) is 11.2. The van der Waals surface area contributed by atoms with Gasteiger partial charge >= 0.3 is 0 Å². The molecule has 102 valence electrons. The molecule has 2 aromatic carbocycles. The molecular formula is C17H12N2O2. The number of para-hydroxylation sites is 1. The zero-order valence-electron chi connectivity index (χ0n) is 11.2. The van der Waals surface area contributed by atoms with Crippen LogP contribution in [0.2, 0.25) is 0 Å². The molecule has 3 rings (SSSR count). The van der Waals surface area contributed by atoms with Gasteiger partial charge in [-0.05, 0) is 17.7 Å². The number of benzene rings is 2. The lowest BCUT2D eigenvalue weighted by molar-refractivity contribution is 0.477. The molecule has 0 fully saturated rings. The van der Waals surface area contributed by atoms with E-state index >= 15 is 0 Å². The highest BCUT2D eigenvalue weighted by Gasteiger charge is 2.15. The van der Waals surface area contributed by atoms with Crippen LogP contribution in [0.5, 0.6) is 5.75 Å². The van der Waals surface area contributed by atoms with E-state index in [1.54, 1.807) is 30.3 Å². The molecular weight excluding hydrogens is 264 g/mol. The highest BCUT2D eigenvalue weighted by Crippen LogP contribution is 2.25. The van der Waals surface area contributed by atoms with E-state index in [4.69, 9.17) is 5.26 Å². The van der Waals surface area contributed by atoms with Crippen molar-refractivity contribution in [2.45, 2.75) is 6.54 Å². The molecule has 4 nitrogen and oxygen atoms in total. The smallest absolute Gasteiger partial charge is 0.273 e. The lowest BCUT2D eigenvalue weighted by atomic mass is 10.1. The van der Waals surface area contributed by atoms with Crippen LogP contribution in [0.15, 0.2) is 59.4 Å². The van der Waals surface area contributed by atoms with Crippen LogP contribution in [-0.2, 0) is 6.54 Å². The van der Waals surface area contributed by atoms with Crippen molar-refractivity contribution in [3.8, 4) is 11.8 Å². The van der Waals surface area contributed by atoms with Crippen molar-refractivity contribution in [1.82, 2.24) is 4.57 Å². The molecule has 4 heteroatoms. The summed E-state index contributed by atoms with van der Waals surface area (Å²) in [4.78, 5) is 12.4. The average Bonchev–Trinajstić information content (AvgIpc) is 2.53. The van der Waals surface area contributed by atoms with Crippen molar-refractivity contribution in [3.63, 3.8) is 0 Å². The summed E-state index contributed by atoms with van der Waals surface area (Å²) in [6, 6.07) is 18.4. The largest absolute Gasteiger partial charge is 0.506 e. The zero-order chi connectivity index (χ0) is 14.8. The summed E-state index contributed by atoms with van der Waals surface area (Å²) in [6.07, 6.45) is 0. The first-order chi connectivity index (χ1) is 10.2. The fourth-order valence-electron chi connectivity index (χ4n) is 2.41. The van der Waals surface area contributed by atoms with Crippen molar-refractivity contribution >= 4 is 10.9 Å². The van der Waals surface area contributed by atoms with Crippen LogP contribution >= 0.6 is 0 Å². The first-order valence-electron chi connectivity index (χ1n) is 6.51. The summed E-state index contributed by atoms with van der Waals surface area (Å²) in [5.41, 5.74) is 0.879. The standard InChI is InChI=1S/C17H12N2O2/c18-10-14-16(20)13-8-4-5-9-15(13)19(17(14)21)11-12-6-2-1-3-7-12/h1-9,20H,11H2. The molecule has 0 aliphatic carbocycles. The number of nitrogens with zero attached hydrogens (tertiary/aromatic N) is 2. The van der Waals surface area contributed by atoms with Crippen molar-refractivity contribution < 1.29 is 5.11 Å². The Morgan fingerprint density at radius 3 is 2.43 bits per heavy atom. The molecule has 0 bridgehead atoms. The Morgan fingerprint density at radius 2 is 1.71 bits per heavy atom. The van der Waals surface area contributed by atoms with Gasteiger partial charge in [-0.3, -0.25) is 4.79 Å². The molecule has 0 unspecified atom stereocenters. The Hall–Kier alpha value is -3.06. The molecule has 1 N–H and O–H groups in total. The summed E-state index contributed by atoms with van der Waals surface area (Å²) in [6.45, 7) is 0.356. The molecule has 0 atom stereocenters. The van der Waals surface area contributed by atoms with Gasteiger partial charge in [0, 0.05) is 5.39 Å². The number of rotatable bonds is 2. The summed E-state index contributed by atoms with van der Waals surface area (Å²) >= 11 is 0. The topological polar surface area (TPSA) is 66.0 Å². The van der Waals surface area contributed by atoms with Crippen LogP contribution in [0.1, 0.15) is 11.1 Å². The van der Waals surface area contributed by atoms with E-state index < -0.39 is 5.56 Å². The first kappa shape index (κ1) is 12.9. The van der Waals surface area contributed by atoms with E-state index in [0.717, 1.165) is 5.56 Å². The third-order valence-electron chi connectivity index (χ3n) is 3.44. The maximum absolute atomic E-state index is 12.4. The van der Waals surface area contributed by atoms with Crippen LogP contribution < -0.4 is 5.56 Å². The number of pyridine rings is 1. The minimum absolute atomic E-state index is 0.218.